The van der Waals surface area contributed by atoms with E-state index in [0.717, 1.165) is 31.5 Å². The topological polar surface area (TPSA) is 105 Å². The molecule has 1 aromatic rings. The van der Waals surface area contributed by atoms with E-state index in [0.29, 0.717) is 12.8 Å². The summed E-state index contributed by atoms with van der Waals surface area (Å²) in [5.74, 6) is -0.574. The third-order valence-electron chi connectivity index (χ3n) is 3.64. The maximum atomic E-state index is 12.1. The van der Waals surface area contributed by atoms with E-state index >= 15 is 0 Å². The minimum atomic E-state index is -0.908. The normalized spacial score (nSPS) is 17.2. The molecule has 21 heavy (non-hydrogen) atoms. The van der Waals surface area contributed by atoms with E-state index in [1.165, 1.54) is 0 Å². The van der Waals surface area contributed by atoms with Gasteiger partial charge < -0.3 is 10.4 Å². The maximum absolute atomic E-state index is 12.1. The molecular formula is C13H16ClN3O4. The molecule has 1 amide bonds. The fraction of sp³-hybridized carbons (Fsp3) is 0.538. The first-order valence-corrected chi connectivity index (χ1v) is 7.10. The quantitative estimate of drug-likeness (QED) is 0.503. The molecule has 0 atom stereocenters. The van der Waals surface area contributed by atoms with Crippen molar-refractivity contribution in [3.05, 3.63) is 33.1 Å². The van der Waals surface area contributed by atoms with Gasteiger partial charge in [0.15, 0.2) is 0 Å². The first-order valence-electron chi connectivity index (χ1n) is 6.72. The summed E-state index contributed by atoms with van der Waals surface area (Å²) in [4.78, 5) is 25.7. The molecule has 2 rings (SSSR count). The second-order valence-electron chi connectivity index (χ2n) is 5.26. The number of nitro groups is 1. The van der Waals surface area contributed by atoms with E-state index in [2.05, 4.69) is 10.3 Å². The number of pyridine rings is 1. The van der Waals surface area contributed by atoms with Crippen LogP contribution < -0.4 is 5.32 Å². The van der Waals surface area contributed by atoms with E-state index in [1.54, 1.807) is 0 Å². The number of hydrogen-bond donors (Lipinski definition) is 2. The molecule has 0 aliphatic heterocycles. The van der Waals surface area contributed by atoms with Crippen LogP contribution in [0.2, 0.25) is 5.15 Å². The van der Waals surface area contributed by atoms with Crippen molar-refractivity contribution in [1.29, 1.82) is 0 Å². The summed E-state index contributed by atoms with van der Waals surface area (Å²) in [5.41, 5.74) is -1.28. The van der Waals surface area contributed by atoms with Crippen LogP contribution >= 0.6 is 11.6 Å². The Labute approximate surface area is 126 Å². The van der Waals surface area contributed by atoms with Crippen LogP contribution in [0.4, 0.5) is 5.69 Å². The number of halogens is 1. The molecule has 0 radical (unpaired) electrons. The second-order valence-corrected chi connectivity index (χ2v) is 5.61. The van der Waals surface area contributed by atoms with Crippen LogP contribution in [0.15, 0.2) is 12.3 Å². The van der Waals surface area contributed by atoms with Gasteiger partial charge in [0, 0.05) is 12.6 Å². The van der Waals surface area contributed by atoms with Crippen LogP contribution in [0.1, 0.15) is 42.5 Å². The molecule has 1 aromatic heterocycles. The molecule has 1 saturated carbocycles. The third kappa shape index (κ3) is 3.89. The van der Waals surface area contributed by atoms with Crippen molar-refractivity contribution in [1.82, 2.24) is 10.3 Å². The van der Waals surface area contributed by atoms with Crippen LogP contribution in [0.5, 0.6) is 0 Å². The lowest BCUT2D eigenvalue weighted by Crippen LogP contribution is -2.44. The molecule has 8 heteroatoms. The smallest absolute Gasteiger partial charge is 0.288 e. The number of amides is 1. The standard InChI is InChI=1S/C13H16ClN3O4/c14-11-10(6-9(7-15-11)17(20)21)12(18)16-8-13(19)4-2-1-3-5-13/h6-7,19H,1-5,8H2,(H,16,18). The highest BCUT2D eigenvalue weighted by Crippen LogP contribution is 2.27. The molecule has 0 saturated heterocycles. The molecule has 0 bridgehead atoms. The summed E-state index contributed by atoms with van der Waals surface area (Å²) in [6, 6.07) is 1.08. The van der Waals surface area contributed by atoms with Crippen molar-refractivity contribution in [3.8, 4) is 0 Å². The van der Waals surface area contributed by atoms with Crippen molar-refractivity contribution in [2.75, 3.05) is 6.54 Å². The van der Waals surface area contributed by atoms with Crippen molar-refractivity contribution in [2.24, 2.45) is 0 Å². The summed E-state index contributed by atoms with van der Waals surface area (Å²) in [7, 11) is 0. The number of nitrogens with zero attached hydrogens (tertiary/aromatic N) is 2. The zero-order valence-corrected chi connectivity index (χ0v) is 12.1. The van der Waals surface area contributed by atoms with Gasteiger partial charge in [-0.2, -0.15) is 0 Å². The number of carbonyl (C=O) groups excluding carboxylic acids is 1. The Kier molecular flexibility index (Phi) is 4.74. The van der Waals surface area contributed by atoms with Crippen molar-refractivity contribution in [2.45, 2.75) is 37.7 Å². The Hall–Kier alpha value is -1.73. The highest BCUT2D eigenvalue weighted by atomic mass is 35.5. The number of aliphatic hydroxyl groups is 1. The van der Waals surface area contributed by atoms with Gasteiger partial charge >= 0.3 is 0 Å². The van der Waals surface area contributed by atoms with Crippen LogP contribution in [0.3, 0.4) is 0 Å². The van der Waals surface area contributed by atoms with Crippen LogP contribution in [-0.2, 0) is 0 Å². The van der Waals surface area contributed by atoms with E-state index < -0.39 is 16.4 Å². The molecule has 0 unspecified atom stereocenters. The molecule has 1 heterocycles. The lowest BCUT2D eigenvalue weighted by atomic mass is 9.85. The lowest BCUT2D eigenvalue weighted by Gasteiger charge is -2.32. The molecule has 7 nitrogen and oxygen atoms in total. The van der Waals surface area contributed by atoms with Gasteiger partial charge in [-0.25, -0.2) is 4.98 Å². The predicted octanol–water partition coefficient (Wildman–Crippen LogP) is 2.07. The molecule has 2 N–H and O–H groups in total. The number of carbonyl (C=O) groups is 1. The van der Waals surface area contributed by atoms with Gasteiger partial charge in [0.2, 0.25) is 0 Å². The molecular weight excluding hydrogens is 298 g/mol. The van der Waals surface area contributed by atoms with Crippen LogP contribution in [0.25, 0.3) is 0 Å². The maximum Gasteiger partial charge on any atom is 0.288 e. The summed E-state index contributed by atoms with van der Waals surface area (Å²) < 4.78 is 0. The Balaban J connectivity index is 2.06. The predicted molar refractivity (Wildman–Crippen MR) is 76.3 cm³/mol. The highest BCUT2D eigenvalue weighted by molar-refractivity contribution is 6.32. The van der Waals surface area contributed by atoms with Crippen molar-refractivity contribution in [3.63, 3.8) is 0 Å². The lowest BCUT2D eigenvalue weighted by molar-refractivity contribution is -0.385. The first-order chi connectivity index (χ1) is 9.91. The molecule has 1 aliphatic rings. The summed E-state index contributed by atoms with van der Waals surface area (Å²) in [6.45, 7) is 0.102. The average molecular weight is 314 g/mol. The SMILES string of the molecule is O=C(NCC1(O)CCCCC1)c1cc([N+](=O)[O-])cnc1Cl. The minimum absolute atomic E-state index is 0.0646. The van der Waals surface area contributed by atoms with Crippen LogP contribution in [0, 0.1) is 10.1 Å². The number of nitrogens with one attached hydrogen (secondary N) is 1. The van der Waals surface area contributed by atoms with E-state index in [9.17, 15) is 20.0 Å². The first kappa shape index (κ1) is 15.7. The highest BCUT2D eigenvalue weighted by Gasteiger charge is 2.30. The molecule has 1 aliphatic carbocycles. The van der Waals surface area contributed by atoms with Crippen LogP contribution in [-0.4, -0.2) is 33.1 Å². The zero-order chi connectivity index (χ0) is 15.5. The van der Waals surface area contributed by atoms with Gasteiger partial charge in [-0.05, 0) is 12.8 Å². The van der Waals surface area contributed by atoms with Crippen molar-refractivity contribution >= 4 is 23.2 Å². The largest absolute Gasteiger partial charge is 0.388 e. The molecule has 114 valence electrons. The fourth-order valence-electron chi connectivity index (χ4n) is 2.42. The third-order valence-corrected chi connectivity index (χ3v) is 3.94. The summed E-state index contributed by atoms with van der Waals surface area (Å²) in [6.07, 6.45) is 5.18. The number of aromatic nitrogens is 1. The van der Waals surface area contributed by atoms with E-state index in [1.807, 2.05) is 0 Å². The zero-order valence-electron chi connectivity index (χ0n) is 11.3. The van der Waals surface area contributed by atoms with Gasteiger partial charge in [-0.3, -0.25) is 14.9 Å². The second kappa shape index (κ2) is 6.36. The molecule has 0 spiro atoms. The van der Waals surface area contributed by atoms with Gasteiger partial charge in [0.05, 0.1) is 16.1 Å². The van der Waals surface area contributed by atoms with Gasteiger partial charge in [-0.1, -0.05) is 30.9 Å². The Bertz CT molecular complexity index is 558. The minimum Gasteiger partial charge on any atom is -0.388 e. The van der Waals surface area contributed by atoms with E-state index in [-0.39, 0.29) is 22.9 Å². The number of hydrogen-bond acceptors (Lipinski definition) is 5. The Morgan fingerprint density at radius 1 is 1.48 bits per heavy atom. The van der Waals surface area contributed by atoms with Gasteiger partial charge in [-0.15, -0.1) is 0 Å². The van der Waals surface area contributed by atoms with Gasteiger partial charge in [0.1, 0.15) is 11.3 Å². The van der Waals surface area contributed by atoms with Gasteiger partial charge in [0.25, 0.3) is 11.6 Å². The summed E-state index contributed by atoms with van der Waals surface area (Å²) in [5, 5.41) is 23.5. The average Bonchev–Trinajstić information content (AvgIpc) is 2.46. The summed E-state index contributed by atoms with van der Waals surface area (Å²) >= 11 is 5.79. The molecule has 0 aromatic carbocycles. The Morgan fingerprint density at radius 3 is 2.76 bits per heavy atom. The van der Waals surface area contributed by atoms with E-state index in [4.69, 9.17) is 11.6 Å². The van der Waals surface area contributed by atoms with Crippen molar-refractivity contribution < 1.29 is 14.8 Å². The Morgan fingerprint density at radius 2 is 2.14 bits per heavy atom. The monoisotopic (exact) mass is 313 g/mol. The molecule has 1 fully saturated rings. The number of rotatable bonds is 4. The fourth-order valence-corrected chi connectivity index (χ4v) is 2.61.